The monoisotopic (exact) mass is 240 g/mol. The number of benzene rings is 1. The Hall–Kier alpha value is -0.920. The van der Waals surface area contributed by atoms with Crippen molar-refractivity contribution in [3.05, 3.63) is 29.8 Å². The first-order chi connectivity index (χ1) is 5.91. The molecule has 1 rings (SSSR count). The summed E-state index contributed by atoms with van der Waals surface area (Å²) in [6.07, 6.45) is 0. The van der Waals surface area contributed by atoms with E-state index >= 15 is 0 Å². The molecule has 82 valence electrons. The molecule has 0 aliphatic carbocycles. The van der Waals surface area contributed by atoms with Gasteiger partial charge in [0, 0.05) is 0 Å². The molecule has 0 saturated carbocycles. The molecule has 14 heavy (non-hydrogen) atoms. The third-order valence-electron chi connectivity index (χ3n) is 1.30. The quantitative estimate of drug-likeness (QED) is 0.628. The summed E-state index contributed by atoms with van der Waals surface area (Å²) in [6.45, 7) is 0. The zero-order valence-electron chi connectivity index (χ0n) is 6.29. The van der Waals surface area contributed by atoms with Crippen LogP contribution in [0.15, 0.2) is 23.1 Å². The summed E-state index contributed by atoms with van der Waals surface area (Å²) in [7, 11) is -10.3. The molecule has 1 aromatic carbocycles. The van der Waals surface area contributed by atoms with Crippen molar-refractivity contribution in [2.24, 2.45) is 0 Å². The molecular formula is C6H3F7S. The normalized spacial score (nSPS) is 17.4. The topological polar surface area (TPSA) is 0 Å². The van der Waals surface area contributed by atoms with Gasteiger partial charge in [-0.2, -0.15) is 0 Å². The Bertz CT molecular complexity index is 358. The van der Waals surface area contributed by atoms with Crippen molar-refractivity contribution in [1.82, 2.24) is 0 Å². The Morgan fingerprint density at radius 1 is 0.786 bits per heavy atom. The Kier molecular flexibility index (Phi) is 1.74. The van der Waals surface area contributed by atoms with Gasteiger partial charge >= 0.3 is 10.2 Å². The van der Waals surface area contributed by atoms with Crippen molar-refractivity contribution in [2.75, 3.05) is 0 Å². The largest absolute Gasteiger partial charge is 0.315 e. The molecule has 1 aromatic rings. The van der Waals surface area contributed by atoms with E-state index in [0.29, 0.717) is 6.07 Å². The number of rotatable bonds is 1. The fraction of sp³-hybridized carbons (Fsp3) is 0. The van der Waals surface area contributed by atoms with Crippen molar-refractivity contribution in [3.63, 3.8) is 0 Å². The minimum atomic E-state index is -10.3. The summed E-state index contributed by atoms with van der Waals surface area (Å²) in [5.74, 6) is -4.63. The SMILES string of the molecule is Fc1cccc(F)c1S(F)(F)(F)(F)F. The predicted octanol–water partition coefficient (Wildman–Crippen LogP) is 4.62. The van der Waals surface area contributed by atoms with Gasteiger partial charge in [-0.1, -0.05) is 25.5 Å². The van der Waals surface area contributed by atoms with E-state index in [1.807, 2.05) is 0 Å². The van der Waals surface area contributed by atoms with Gasteiger partial charge in [0.05, 0.1) is 0 Å². The molecule has 0 heterocycles. The van der Waals surface area contributed by atoms with E-state index in [4.69, 9.17) is 0 Å². The highest BCUT2D eigenvalue weighted by molar-refractivity contribution is 8.45. The van der Waals surface area contributed by atoms with Gasteiger partial charge in [0.25, 0.3) is 0 Å². The second-order valence-electron chi connectivity index (χ2n) is 2.52. The van der Waals surface area contributed by atoms with Gasteiger partial charge in [-0.15, -0.1) is 0 Å². The highest BCUT2D eigenvalue weighted by Crippen LogP contribution is 3.02. The van der Waals surface area contributed by atoms with Crippen LogP contribution in [-0.2, 0) is 0 Å². The maximum Gasteiger partial charge on any atom is 0.315 e. The van der Waals surface area contributed by atoms with E-state index in [-0.39, 0.29) is 12.1 Å². The maximum atomic E-state index is 12.4. The summed E-state index contributed by atoms with van der Waals surface area (Å²) in [5.41, 5.74) is 0. The van der Waals surface area contributed by atoms with E-state index in [1.165, 1.54) is 0 Å². The van der Waals surface area contributed by atoms with E-state index in [1.54, 1.807) is 0 Å². The third kappa shape index (κ3) is 2.11. The van der Waals surface area contributed by atoms with Crippen molar-refractivity contribution < 1.29 is 28.2 Å². The molecule has 8 heteroatoms. The smallest absolute Gasteiger partial charge is 0.205 e. The molecule has 0 aliphatic rings. The second kappa shape index (κ2) is 2.18. The second-order valence-corrected chi connectivity index (χ2v) is 4.87. The van der Waals surface area contributed by atoms with Crippen LogP contribution in [0.4, 0.5) is 28.2 Å². The van der Waals surface area contributed by atoms with E-state index in [2.05, 4.69) is 0 Å². The molecule has 0 unspecified atom stereocenters. The van der Waals surface area contributed by atoms with Crippen LogP contribution in [0.3, 0.4) is 0 Å². The Morgan fingerprint density at radius 3 is 1.36 bits per heavy atom. The summed E-state index contributed by atoms with van der Waals surface area (Å²) in [4.78, 5) is -3.09. The molecule has 0 atom stereocenters. The minimum Gasteiger partial charge on any atom is -0.205 e. The lowest BCUT2D eigenvalue weighted by Crippen LogP contribution is -2.11. The van der Waals surface area contributed by atoms with Crippen LogP contribution >= 0.6 is 10.2 Å². The number of halogens is 7. The van der Waals surface area contributed by atoms with Gasteiger partial charge in [-0.25, -0.2) is 8.78 Å². The standard InChI is InChI=1S/C6H3F7S/c7-4-2-1-3-5(8)6(4)14(9,10,11,12)13/h1-3H. The minimum absolute atomic E-state index is 0.121. The van der Waals surface area contributed by atoms with Crippen molar-refractivity contribution in [2.45, 2.75) is 4.90 Å². The predicted molar refractivity (Wildman–Crippen MR) is 37.8 cm³/mol. The number of hydrogen-bond donors (Lipinski definition) is 0. The van der Waals surface area contributed by atoms with Crippen LogP contribution in [0, 0.1) is 11.6 Å². The summed E-state index contributed by atoms with van der Waals surface area (Å²) < 4.78 is 84.8. The van der Waals surface area contributed by atoms with Crippen molar-refractivity contribution in [3.8, 4) is 0 Å². The number of hydrogen-bond acceptors (Lipinski definition) is 0. The Morgan fingerprint density at radius 2 is 1.14 bits per heavy atom. The molecule has 0 radical (unpaired) electrons. The third-order valence-corrected chi connectivity index (χ3v) is 2.47. The zero-order valence-corrected chi connectivity index (χ0v) is 7.10. The van der Waals surface area contributed by atoms with Gasteiger partial charge in [0.2, 0.25) is 0 Å². The Labute approximate surface area is 74.1 Å². The first-order valence-electron chi connectivity index (χ1n) is 3.10. The average Bonchev–Trinajstić information content (AvgIpc) is 1.78. The molecular weight excluding hydrogens is 237 g/mol. The highest BCUT2D eigenvalue weighted by Gasteiger charge is 2.68. The van der Waals surface area contributed by atoms with Gasteiger partial charge in [0.1, 0.15) is 11.6 Å². The van der Waals surface area contributed by atoms with Gasteiger partial charge in [-0.05, 0) is 12.1 Å². The molecule has 0 saturated heterocycles. The molecule has 0 aliphatic heterocycles. The molecule has 0 nitrogen and oxygen atoms in total. The van der Waals surface area contributed by atoms with Gasteiger partial charge in [-0.3, -0.25) is 0 Å². The van der Waals surface area contributed by atoms with Gasteiger partial charge < -0.3 is 0 Å². The van der Waals surface area contributed by atoms with Crippen LogP contribution in [0.1, 0.15) is 0 Å². The Balaban J connectivity index is 3.66. The van der Waals surface area contributed by atoms with Crippen LogP contribution in [0.25, 0.3) is 0 Å². The molecule has 0 fully saturated rings. The van der Waals surface area contributed by atoms with Crippen molar-refractivity contribution in [1.29, 1.82) is 0 Å². The van der Waals surface area contributed by atoms with Crippen LogP contribution in [0.2, 0.25) is 0 Å². The molecule has 0 aromatic heterocycles. The van der Waals surface area contributed by atoms with Crippen LogP contribution in [-0.4, -0.2) is 0 Å². The lowest BCUT2D eigenvalue weighted by molar-refractivity contribution is 0.345. The summed E-state index contributed by atoms with van der Waals surface area (Å²) in [5, 5.41) is 0. The van der Waals surface area contributed by atoms with Crippen LogP contribution in [0.5, 0.6) is 0 Å². The summed E-state index contributed by atoms with van der Waals surface area (Å²) in [6, 6.07) is 0.810. The fourth-order valence-corrected chi connectivity index (χ4v) is 1.72. The zero-order chi connectivity index (χ0) is 11.3. The highest BCUT2D eigenvalue weighted by atomic mass is 32.5. The fourth-order valence-electron chi connectivity index (χ4n) is 0.851. The van der Waals surface area contributed by atoms with E-state index < -0.39 is 26.8 Å². The molecule has 0 N–H and O–H groups in total. The lowest BCUT2D eigenvalue weighted by Gasteiger charge is -2.40. The molecule has 0 amide bonds. The lowest BCUT2D eigenvalue weighted by atomic mass is 10.3. The molecule has 0 bridgehead atoms. The van der Waals surface area contributed by atoms with E-state index in [0.717, 1.165) is 0 Å². The van der Waals surface area contributed by atoms with Crippen LogP contribution < -0.4 is 0 Å². The summed E-state index contributed by atoms with van der Waals surface area (Å²) >= 11 is 0. The maximum absolute atomic E-state index is 12.4. The first kappa shape index (κ1) is 11.2. The molecule has 0 spiro atoms. The van der Waals surface area contributed by atoms with Crippen molar-refractivity contribution >= 4 is 10.2 Å². The van der Waals surface area contributed by atoms with Gasteiger partial charge in [0.15, 0.2) is 4.90 Å². The van der Waals surface area contributed by atoms with E-state index in [9.17, 15) is 28.2 Å². The average molecular weight is 240 g/mol. The first-order valence-corrected chi connectivity index (χ1v) is 5.05.